The molecule has 1 aliphatic rings. The van der Waals surface area contributed by atoms with Crippen molar-refractivity contribution in [2.45, 2.75) is 13.3 Å². The molecule has 2 heterocycles. The first-order valence-corrected chi connectivity index (χ1v) is 8.20. The molecule has 24 heavy (non-hydrogen) atoms. The summed E-state index contributed by atoms with van der Waals surface area (Å²) in [5.41, 5.74) is 2.61. The maximum absolute atomic E-state index is 9.07. The van der Waals surface area contributed by atoms with Crippen molar-refractivity contribution < 1.29 is 4.74 Å². The molecule has 124 valence electrons. The number of hydrogen-bond donors (Lipinski definition) is 1. The third-order valence-electron chi connectivity index (χ3n) is 4.48. The predicted octanol–water partition coefficient (Wildman–Crippen LogP) is 3.21. The van der Waals surface area contributed by atoms with Crippen LogP contribution in [0.3, 0.4) is 0 Å². The molecule has 0 saturated carbocycles. The molecule has 0 spiro atoms. The number of pyridine rings is 1. The standard InChI is InChI=1S/C19H22N4O/c1-14-6-7-19(22-18(14)11-20)21-12-15-8-9-23(13-15)16-4-3-5-17(10-16)24-2/h3-7,10,15H,8-9,12-13H2,1-2H3,(H,21,22). The molecule has 0 amide bonds. The van der Waals surface area contributed by atoms with Gasteiger partial charge in [-0.2, -0.15) is 5.26 Å². The summed E-state index contributed by atoms with van der Waals surface area (Å²) in [6.07, 6.45) is 1.14. The van der Waals surface area contributed by atoms with E-state index in [1.54, 1.807) is 7.11 Å². The SMILES string of the molecule is COc1cccc(N2CCC(CNc3ccc(C)c(C#N)n3)C2)c1. The van der Waals surface area contributed by atoms with E-state index in [0.29, 0.717) is 11.6 Å². The van der Waals surface area contributed by atoms with Gasteiger partial charge in [0.05, 0.1) is 7.11 Å². The molecule has 3 rings (SSSR count). The Balaban J connectivity index is 1.57. The summed E-state index contributed by atoms with van der Waals surface area (Å²) in [7, 11) is 1.69. The van der Waals surface area contributed by atoms with Gasteiger partial charge < -0.3 is 15.0 Å². The summed E-state index contributed by atoms with van der Waals surface area (Å²) in [6, 6.07) is 14.2. The van der Waals surface area contributed by atoms with E-state index in [-0.39, 0.29) is 0 Å². The van der Waals surface area contributed by atoms with E-state index >= 15 is 0 Å². The van der Waals surface area contributed by atoms with Crippen LogP contribution in [0.1, 0.15) is 17.7 Å². The number of ether oxygens (including phenoxy) is 1. The van der Waals surface area contributed by atoms with Crippen LogP contribution < -0.4 is 15.0 Å². The van der Waals surface area contributed by atoms with Gasteiger partial charge in [0.1, 0.15) is 23.3 Å². The molecule has 5 heteroatoms. The summed E-state index contributed by atoms with van der Waals surface area (Å²) in [5, 5.41) is 12.4. The first-order chi connectivity index (χ1) is 11.7. The number of aromatic nitrogens is 1. The highest BCUT2D eigenvalue weighted by molar-refractivity contribution is 5.51. The Morgan fingerprint density at radius 2 is 2.25 bits per heavy atom. The molecule has 1 N–H and O–H groups in total. The molecule has 1 aromatic carbocycles. The van der Waals surface area contributed by atoms with Crippen molar-refractivity contribution in [1.29, 1.82) is 5.26 Å². The highest BCUT2D eigenvalue weighted by Gasteiger charge is 2.22. The first-order valence-electron chi connectivity index (χ1n) is 8.20. The second-order valence-corrected chi connectivity index (χ2v) is 6.16. The fourth-order valence-corrected chi connectivity index (χ4v) is 3.03. The molecule has 1 atom stereocenters. The fraction of sp³-hybridized carbons (Fsp3) is 0.368. The van der Waals surface area contributed by atoms with Crippen LogP contribution in [-0.2, 0) is 0 Å². The van der Waals surface area contributed by atoms with Crippen LogP contribution in [0.2, 0.25) is 0 Å². The third kappa shape index (κ3) is 3.60. The van der Waals surface area contributed by atoms with E-state index in [2.05, 4.69) is 33.4 Å². The Morgan fingerprint density at radius 1 is 1.38 bits per heavy atom. The topological polar surface area (TPSA) is 61.2 Å². The van der Waals surface area contributed by atoms with Crippen molar-refractivity contribution >= 4 is 11.5 Å². The summed E-state index contributed by atoms with van der Waals surface area (Å²) >= 11 is 0. The maximum atomic E-state index is 9.07. The number of benzene rings is 1. The van der Waals surface area contributed by atoms with E-state index in [1.807, 2.05) is 31.2 Å². The van der Waals surface area contributed by atoms with E-state index in [4.69, 9.17) is 10.00 Å². The molecular formula is C19H22N4O. The number of nitrogens with zero attached hydrogens (tertiary/aromatic N) is 3. The number of hydrogen-bond acceptors (Lipinski definition) is 5. The highest BCUT2D eigenvalue weighted by atomic mass is 16.5. The normalized spacial score (nSPS) is 16.7. The zero-order valence-corrected chi connectivity index (χ0v) is 14.1. The predicted molar refractivity (Wildman–Crippen MR) is 95.5 cm³/mol. The van der Waals surface area contributed by atoms with Crippen molar-refractivity contribution in [2.24, 2.45) is 5.92 Å². The van der Waals surface area contributed by atoms with Crippen LogP contribution in [0.5, 0.6) is 5.75 Å². The average Bonchev–Trinajstić information content (AvgIpc) is 3.10. The van der Waals surface area contributed by atoms with Gasteiger partial charge in [0.25, 0.3) is 0 Å². The second-order valence-electron chi connectivity index (χ2n) is 6.16. The number of aryl methyl sites for hydroxylation is 1. The van der Waals surface area contributed by atoms with Crippen LogP contribution in [-0.4, -0.2) is 31.7 Å². The van der Waals surface area contributed by atoms with Gasteiger partial charge in [0.15, 0.2) is 0 Å². The minimum atomic E-state index is 0.490. The lowest BCUT2D eigenvalue weighted by molar-refractivity contribution is 0.415. The molecule has 1 saturated heterocycles. The van der Waals surface area contributed by atoms with Crippen LogP contribution >= 0.6 is 0 Å². The van der Waals surface area contributed by atoms with Gasteiger partial charge >= 0.3 is 0 Å². The van der Waals surface area contributed by atoms with Gasteiger partial charge in [-0.3, -0.25) is 0 Å². The third-order valence-corrected chi connectivity index (χ3v) is 4.48. The van der Waals surface area contributed by atoms with Gasteiger partial charge in [-0.15, -0.1) is 0 Å². The van der Waals surface area contributed by atoms with Crippen molar-refractivity contribution in [1.82, 2.24) is 4.98 Å². The average molecular weight is 322 g/mol. The van der Waals surface area contributed by atoms with Gasteiger partial charge in [-0.25, -0.2) is 4.98 Å². The van der Waals surface area contributed by atoms with E-state index in [0.717, 1.165) is 43.2 Å². The molecular weight excluding hydrogens is 300 g/mol. The van der Waals surface area contributed by atoms with Crippen LogP contribution in [0, 0.1) is 24.2 Å². The lowest BCUT2D eigenvalue weighted by Gasteiger charge is -2.19. The zero-order valence-electron chi connectivity index (χ0n) is 14.1. The minimum Gasteiger partial charge on any atom is -0.497 e. The lowest BCUT2D eigenvalue weighted by atomic mass is 10.1. The fourth-order valence-electron chi connectivity index (χ4n) is 3.03. The van der Waals surface area contributed by atoms with E-state index in [1.165, 1.54) is 5.69 Å². The maximum Gasteiger partial charge on any atom is 0.145 e. The Kier molecular flexibility index (Phi) is 4.85. The number of nitriles is 1. The van der Waals surface area contributed by atoms with Crippen molar-refractivity contribution in [3.63, 3.8) is 0 Å². The highest BCUT2D eigenvalue weighted by Crippen LogP contribution is 2.27. The molecule has 1 aromatic heterocycles. The molecule has 0 radical (unpaired) electrons. The minimum absolute atomic E-state index is 0.490. The zero-order chi connectivity index (χ0) is 16.9. The van der Waals surface area contributed by atoms with Crippen molar-refractivity contribution in [3.05, 3.63) is 47.7 Å². The Labute approximate surface area is 142 Å². The Morgan fingerprint density at radius 3 is 3.04 bits per heavy atom. The van der Waals surface area contributed by atoms with Crippen LogP contribution in [0.15, 0.2) is 36.4 Å². The first kappa shape index (κ1) is 16.1. The van der Waals surface area contributed by atoms with Gasteiger partial charge in [-0.05, 0) is 43.0 Å². The second kappa shape index (κ2) is 7.22. The van der Waals surface area contributed by atoms with Crippen LogP contribution in [0.4, 0.5) is 11.5 Å². The smallest absolute Gasteiger partial charge is 0.145 e. The van der Waals surface area contributed by atoms with Crippen LogP contribution in [0.25, 0.3) is 0 Å². The molecule has 1 aliphatic heterocycles. The molecule has 0 bridgehead atoms. The van der Waals surface area contributed by atoms with E-state index in [9.17, 15) is 0 Å². The lowest BCUT2D eigenvalue weighted by Crippen LogP contribution is -2.22. The largest absolute Gasteiger partial charge is 0.497 e. The summed E-state index contributed by atoms with van der Waals surface area (Å²) in [4.78, 5) is 6.74. The van der Waals surface area contributed by atoms with Crippen molar-refractivity contribution in [3.8, 4) is 11.8 Å². The summed E-state index contributed by atoms with van der Waals surface area (Å²) in [6.45, 7) is 4.82. The monoisotopic (exact) mass is 322 g/mol. The van der Waals surface area contributed by atoms with E-state index < -0.39 is 0 Å². The number of rotatable bonds is 5. The number of nitrogens with one attached hydrogen (secondary N) is 1. The van der Waals surface area contributed by atoms with Crippen molar-refractivity contribution in [2.75, 3.05) is 37.0 Å². The van der Waals surface area contributed by atoms with Gasteiger partial charge in [0.2, 0.25) is 0 Å². The Hall–Kier alpha value is -2.74. The number of anilines is 2. The number of methoxy groups -OCH3 is 1. The summed E-state index contributed by atoms with van der Waals surface area (Å²) in [5.74, 6) is 2.23. The molecule has 5 nitrogen and oxygen atoms in total. The molecule has 2 aromatic rings. The molecule has 0 aliphatic carbocycles. The quantitative estimate of drug-likeness (QED) is 0.916. The van der Waals surface area contributed by atoms with Gasteiger partial charge in [0, 0.05) is 31.4 Å². The Bertz CT molecular complexity index is 753. The van der Waals surface area contributed by atoms with Gasteiger partial charge in [-0.1, -0.05) is 12.1 Å². The molecule has 1 fully saturated rings. The molecule has 1 unspecified atom stereocenters. The summed E-state index contributed by atoms with van der Waals surface area (Å²) < 4.78 is 5.30.